The minimum Gasteiger partial charge on any atom is -0.488 e. The van der Waals surface area contributed by atoms with E-state index >= 15 is 0 Å². The largest absolute Gasteiger partial charge is 0.488 e. The van der Waals surface area contributed by atoms with Gasteiger partial charge in [0.15, 0.2) is 0 Å². The zero-order valence-corrected chi connectivity index (χ0v) is 8.77. The van der Waals surface area contributed by atoms with Crippen LogP contribution in [0.2, 0.25) is 5.02 Å². The first kappa shape index (κ1) is 9.35. The van der Waals surface area contributed by atoms with Crippen LogP contribution in [0.3, 0.4) is 0 Å². The molecule has 0 amide bonds. The lowest BCUT2D eigenvalue weighted by molar-refractivity contribution is 0.349. The number of ether oxygens (including phenoxy) is 1. The average Bonchev–Trinajstić information content (AvgIpc) is 2.16. The van der Waals surface area contributed by atoms with Crippen molar-refractivity contribution in [1.82, 2.24) is 0 Å². The first-order valence-corrected chi connectivity index (χ1v) is 4.83. The van der Waals surface area contributed by atoms with Crippen molar-refractivity contribution < 1.29 is 4.74 Å². The van der Waals surface area contributed by atoms with Gasteiger partial charge in [0.1, 0.15) is 12.4 Å². The molecule has 1 aliphatic heterocycles. The topological polar surface area (TPSA) is 9.23 Å². The van der Waals surface area contributed by atoms with Gasteiger partial charge in [-0.3, -0.25) is 0 Å². The van der Waals surface area contributed by atoms with E-state index in [2.05, 4.69) is 12.7 Å². The second-order valence-electron chi connectivity index (χ2n) is 3.42. The summed E-state index contributed by atoms with van der Waals surface area (Å²) in [6, 6.07) is 5.63. The molecule has 0 bridgehead atoms. The second-order valence-corrected chi connectivity index (χ2v) is 3.86. The Bertz CT molecular complexity index is 418. The molecule has 0 atom stereocenters. The van der Waals surface area contributed by atoms with Crippen LogP contribution in [0.4, 0.5) is 0 Å². The molecule has 2 rings (SSSR count). The van der Waals surface area contributed by atoms with Crippen molar-refractivity contribution in [3.8, 4) is 5.75 Å². The van der Waals surface area contributed by atoms with Crippen LogP contribution < -0.4 is 4.74 Å². The minimum atomic E-state index is 0.601. The van der Waals surface area contributed by atoms with E-state index in [1.54, 1.807) is 0 Å². The normalized spacial score (nSPS) is 14.0. The standard InChI is InChI=1S/C12H11ClO/c1-8(2)10-5-9-6-11(13)3-4-12(9)14-7-10/h3-6H,1,7H2,2H3. The van der Waals surface area contributed by atoms with Crippen molar-refractivity contribution in [3.63, 3.8) is 0 Å². The Kier molecular flexibility index (Phi) is 2.34. The van der Waals surface area contributed by atoms with Gasteiger partial charge in [0.25, 0.3) is 0 Å². The highest BCUT2D eigenvalue weighted by Gasteiger charge is 2.11. The lowest BCUT2D eigenvalue weighted by Crippen LogP contribution is -2.07. The highest BCUT2D eigenvalue weighted by atomic mass is 35.5. The van der Waals surface area contributed by atoms with Crippen molar-refractivity contribution in [2.45, 2.75) is 6.92 Å². The van der Waals surface area contributed by atoms with Gasteiger partial charge in [0.2, 0.25) is 0 Å². The molecule has 14 heavy (non-hydrogen) atoms. The molecule has 1 aromatic rings. The fourth-order valence-electron chi connectivity index (χ4n) is 1.39. The van der Waals surface area contributed by atoms with Gasteiger partial charge >= 0.3 is 0 Å². The van der Waals surface area contributed by atoms with Crippen molar-refractivity contribution in [2.75, 3.05) is 6.61 Å². The Balaban J connectivity index is 2.47. The van der Waals surface area contributed by atoms with Gasteiger partial charge in [-0.2, -0.15) is 0 Å². The Hall–Kier alpha value is -1.21. The molecular weight excluding hydrogens is 196 g/mol. The number of halogens is 1. The monoisotopic (exact) mass is 206 g/mol. The third kappa shape index (κ3) is 1.68. The van der Waals surface area contributed by atoms with E-state index in [4.69, 9.17) is 16.3 Å². The molecule has 0 aromatic heterocycles. The lowest BCUT2D eigenvalue weighted by atomic mass is 10.0. The smallest absolute Gasteiger partial charge is 0.127 e. The molecule has 1 aliphatic rings. The summed E-state index contributed by atoms with van der Waals surface area (Å²) in [6.07, 6.45) is 2.08. The molecule has 0 saturated carbocycles. The Morgan fingerprint density at radius 2 is 2.29 bits per heavy atom. The molecule has 1 nitrogen and oxygen atoms in total. The number of rotatable bonds is 1. The predicted octanol–water partition coefficient (Wildman–Crippen LogP) is 3.69. The molecule has 0 saturated heterocycles. The summed E-state index contributed by atoms with van der Waals surface area (Å²) in [7, 11) is 0. The molecular formula is C12H11ClO. The van der Waals surface area contributed by atoms with Gasteiger partial charge in [0, 0.05) is 10.6 Å². The Labute approximate surface area is 88.7 Å². The maximum absolute atomic E-state index is 5.90. The molecule has 2 heteroatoms. The number of benzene rings is 1. The van der Waals surface area contributed by atoms with Crippen molar-refractivity contribution in [1.29, 1.82) is 0 Å². The average molecular weight is 207 g/mol. The number of hydrogen-bond donors (Lipinski definition) is 0. The van der Waals surface area contributed by atoms with Crippen LogP contribution in [0.5, 0.6) is 5.75 Å². The molecule has 1 aromatic carbocycles. The van der Waals surface area contributed by atoms with Crippen LogP contribution in [0.1, 0.15) is 12.5 Å². The second kappa shape index (κ2) is 3.50. The number of fused-ring (bicyclic) bond motifs is 1. The quantitative estimate of drug-likeness (QED) is 0.681. The van der Waals surface area contributed by atoms with Gasteiger partial charge in [-0.05, 0) is 36.8 Å². The third-order valence-electron chi connectivity index (χ3n) is 2.23. The van der Waals surface area contributed by atoms with Crippen LogP contribution in [-0.2, 0) is 0 Å². The zero-order chi connectivity index (χ0) is 10.1. The molecule has 0 aliphatic carbocycles. The Morgan fingerprint density at radius 1 is 1.50 bits per heavy atom. The van der Waals surface area contributed by atoms with Gasteiger partial charge in [0.05, 0.1) is 0 Å². The zero-order valence-electron chi connectivity index (χ0n) is 8.01. The lowest BCUT2D eigenvalue weighted by Gasteiger charge is -2.18. The first-order valence-electron chi connectivity index (χ1n) is 4.45. The summed E-state index contributed by atoms with van der Waals surface area (Å²) in [6.45, 7) is 6.47. The van der Waals surface area contributed by atoms with Gasteiger partial charge in [-0.15, -0.1) is 0 Å². The summed E-state index contributed by atoms with van der Waals surface area (Å²) in [5.41, 5.74) is 3.19. The first-order chi connectivity index (χ1) is 6.66. The van der Waals surface area contributed by atoms with E-state index < -0.39 is 0 Å². The van der Waals surface area contributed by atoms with Gasteiger partial charge in [-0.25, -0.2) is 0 Å². The molecule has 72 valence electrons. The fraction of sp³-hybridized carbons (Fsp3) is 0.167. The fourth-order valence-corrected chi connectivity index (χ4v) is 1.58. The van der Waals surface area contributed by atoms with Gasteiger partial charge in [-0.1, -0.05) is 23.8 Å². The molecule has 0 radical (unpaired) electrons. The predicted molar refractivity (Wildman–Crippen MR) is 59.7 cm³/mol. The van der Waals surface area contributed by atoms with Crippen molar-refractivity contribution >= 4 is 17.7 Å². The van der Waals surface area contributed by atoms with E-state index in [-0.39, 0.29) is 0 Å². The summed E-state index contributed by atoms with van der Waals surface area (Å²) in [5, 5.41) is 0.728. The molecule has 1 heterocycles. The third-order valence-corrected chi connectivity index (χ3v) is 2.47. The molecule has 0 N–H and O–H groups in total. The minimum absolute atomic E-state index is 0.601. The van der Waals surface area contributed by atoms with Crippen LogP contribution in [-0.4, -0.2) is 6.61 Å². The highest BCUT2D eigenvalue weighted by molar-refractivity contribution is 6.30. The highest BCUT2D eigenvalue weighted by Crippen LogP contribution is 2.30. The van der Waals surface area contributed by atoms with E-state index in [9.17, 15) is 0 Å². The summed E-state index contributed by atoms with van der Waals surface area (Å²) in [4.78, 5) is 0. The summed E-state index contributed by atoms with van der Waals surface area (Å²) in [5.74, 6) is 0.888. The van der Waals surface area contributed by atoms with Crippen LogP contribution in [0.15, 0.2) is 35.9 Å². The van der Waals surface area contributed by atoms with Gasteiger partial charge < -0.3 is 4.74 Å². The molecule has 0 spiro atoms. The van der Waals surface area contributed by atoms with E-state index in [0.29, 0.717) is 6.61 Å². The van der Waals surface area contributed by atoms with Crippen LogP contribution >= 0.6 is 11.6 Å². The molecule has 0 fully saturated rings. The molecule has 0 unspecified atom stereocenters. The summed E-state index contributed by atoms with van der Waals surface area (Å²) >= 11 is 5.90. The van der Waals surface area contributed by atoms with Crippen LogP contribution in [0.25, 0.3) is 6.08 Å². The van der Waals surface area contributed by atoms with Crippen LogP contribution in [0, 0.1) is 0 Å². The maximum atomic E-state index is 5.90. The Morgan fingerprint density at radius 3 is 3.00 bits per heavy atom. The summed E-state index contributed by atoms with van der Waals surface area (Å²) < 4.78 is 5.56. The SMILES string of the molecule is C=C(C)C1=Cc2cc(Cl)ccc2OC1. The van der Waals surface area contributed by atoms with E-state index in [0.717, 1.165) is 27.5 Å². The van der Waals surface area contributed by atoms with E-state index in [1.165, 1.54) is 0 Å². The maximum Gasteiger partial charge on any atom is 0.127 e. The van der Waals surface area contributed by atoms with Crippen molar-refractivity contribution in [2.24, 2.45) is 0 Å². The number of hydrogen-bond acceptors (Lipinski definition) is 1. The van der Waals surface area contributed by atoms with Crippen molar-refractivity contribution in [3.05, 3.63) is 46.5 Å². The van der Waals surface area contributed by atoms with E-state index in [1.807, 2.05) is 25.1 Å².